The van der Waals surface area contributed by atoms with E-state index in [0.717, 1.165) is 58.9 Å². The van der Waals surface area contributed by atoms with E-state index in [2.05, 4.69) is 32.6 Å². The van der Waals surface area contributed by atoms with Crippen molar-refractivity contribution in [3.05, 3.63) is 18.2 Å². The fourth-order valence-electron chi connectivity index (χ4n) is 3.60. The zero-order valence-electron chi connectivity index (χ0n) is 13.5. The van der Waals surface area contributed by atoms with Gasteiger partial charge in [-0.25, -0.2) is 4.98 Å². The standard InChI is InChI=1S/C16H28N4O2/c1-18(12-15(21)13-19-6-8-22-9-7-19)10-14-2-3-16-17-4-5-20(16)11-14/h4-5,14-15,21H,2-3,6-13H2,1H3. The molecule has 0 amide bonds. The Morgan fingerprint density at radius 1 is 1.45 bits per heavy atom. The van der Waals surface area contributed by atoms with Crippen LogP contribution in [0.2, 0.25) is 0 Å². The minimum absolute atomic E-state index is 0.282. The van der Waals surface area contributed by atoms with E-state index >= 15 is 0 Å². The quantitative estimate of drug-likeness (QED) is 0.806. The highest BCUT2D eigenvalue weighted by atomic mass is 16.5. The van der Waals surface area contributed by atoms with Crippen LogP contribution in [0.1, 0.15) is 12.2 Å². The van der Waals surface area contributed by atoms with Crippen molar-refractivity contribution in [3.8, 4) is 0 Å². The molecule has 2 unspecified atom stereocenters. The maximum absolute atomic E-state index is 10.3. The summed E-state index contributed by atoms with van der Waals surface area (Å²) < 4.78 is 7.61. The molecule has 0 radical (unpaired) electrons. The number of ether oxygens (including phenoxy) is 1. The molecule has 6 heteroatoms. The molecular formula is C16H28N4O2. The molecule has 3 heterocycles. The van der Waals surface area contributed by atoms with Crippen molar-refractivity contribution in [2.75, 3.05) is 53.0 Å². The Morgan fingerprint density at radius 2 is 2.27 bits per heavy atom. The molecule has 2 aliphatic heterocycles. The first kappa shape index (κ1) is 15.9. The summed E-state index contributed by atoms with van der Waals surface area (Å²) in [7, 11) is 2.12. The third-order valence-corrected chi connectivity index (χ3v) is 4.70. The Bertz CT molecular complexity index is 459. The third-order valence-electron chi connectivity index (χ3n) is 4.70. The van der Waals surface area contributed by atoms with Gasteiger partial charge < -0.3 is 19.3 Å². The van der Waals surface area contributed by atoms with Crippen LogP contribution in [0, 0.1) is 5.92 Å². The number of likely N-dealkylation sites (N-methyl/N-ethyl adjacent to an activating group) is 1. The topological polar surface area (TPSA) is 53.8 Å². The molecule has 22 heavy (non-hydrogen) atoms. The van der Waals surface area contributed by atoms with Crippen LogP contribution in [-0.2, 0) is 17.7 Å². The average molecular weight is 308 g/mol. The van der Waals surface area contributed by atoms with Crippen molar-refractivity contribution in [3.63, 3.8) is 0 Å². The van der Waals surface area contributed by atoms with Gasteiger partial charge in [0.05, 0.1) is 19.3 Å². The van der Waals surface area contributed by atoms with E-state index in [-0.39, 0.29) is 6.10 Å². The summed E-state index contributed by atoms with van der Waals surface area (Å²) in [6.07, 6.45) is 5.96. The van der Waals surface area contributed by atoms with Gasteiger partial charge in [0.1, 0.15) is 5.82 Å². The van der Waals surface area contributed by atoms with E-state index in [4.69, 9.17) is 4.74 Å². The number of aromatic nitrogens is 2. The number of hydrogen-bond acceptors (Lipinski definition) is 5. The number of fused-ring (bicyclic) bond motifs is 1. The van der Waals surface area contributed by atoms with E-state index in [1.165, 1.54) is 12.2 Å². The Balaban J connectivity index is 1.39. The van der Waals surface area contributed by atoms with Gasteiger partial charge in [0.15, 0.2) is 0 Å². The number of aliphatic hydroxyl groups excluding tert-OH is 1. The first-order valence-electron chi connectivity index (χ1n) is 8.37. The van der Waals surface area contributed by atoms with Crippen molar-refractivity contribution in [1.82, 2.24) is 19.4 Å². The number of morpholine rings is 1. The Hall–Kier alpha value is -0.950. The number of rotatable bonds is 6. The average Bonchev–Trinajstić information content (AvgIpc) is 2.95. The summed E-state index contributed by atoms with van der Waals surface area (Å²) in [5, 5.41) is 10.3. The van der Waals surface area contributed by atoms with Gasteiger partial charge in [0.2, 0.25) is 0 Å². The Kier molecular flexibility index (Phi) is 5.46. The zero-order valence-corrected chi connectivity index (χ0v) is 13.5. The van der Waals surface area contributed by atoms with Crippen LogP contribution >= 0.6 is 0 Å². The second-order valence-corrected chi connectivity index (χ2v) is 6.69. The Labute approximate surface area is 132 Å². The fourth-order valence-corrected chi connectivity index (χ4v) is 3.60. The molecule has 124 valence electrons. The number of hydrogen-bond donors (Lipinski definition) is 1. The summed E-state index contributed by atoms with van der Waals surface area (Å²) in [5.74, 6) is 1.87. The predicted octanol–water partition coefficient (Wildman–Crippen LogP) is 0.0704. The van der Waals surface area contributed by atoms with Crippen LogP contribution in [0.25, 0.3) is 0 Å². The summed E-state index contributed by atoms with van der Waals surface area (Å²) in [5.41, 5.74) is 0. The lowest BCUT2D eigenvalue weighted by atomic mass is 9.99. The SMILES string of the molecule is CN(CC(O)CN1CCOCC1)CC1CCc2nccn2C1. The highest BCUT2D eigenvalue weighted by Crippen LogP contribution is 2.19. The van der Waals surface area contributed by atoms with E-state index in [0.29, 0.717) is 5.92 Å². The number of β-amino-alcohol motifs (C(OH)–C–C–N with tert-alkyl or cyclic N) is 1. The van der Waals surface area contributed by atoms with Gasteiger partial charge in [-0.2, -0.15) is 0 Å². The second-order valence-electron chi connectivity index (χ2n) is 6.69. The van der Waals surface area contributed by atoms with Crippen molar-refractivity contribution in [1.29, 1.82) is 0 Å². The number of imidazole rings is 1. The van der Waals surface area contributed by atoms with Crippen LogP contribution in [-0.4, -0.2) is 83.5 Å². The highest BCUT2D eigenvalue weighted by Gasteiger charge is 2.21. The number of aryl methyl sites for hydroxylation is 1. The monoisotopic (exact) mass is 308 g/mol. The first-order valence-corrected chi connectivity index (χ1v) is 8.37. The van der Waals surface area contributed by atoms with E-state index in [9.17, 15) is 5.11 Å². The lowest BCUT2D eigenvalue weighted by Gasteiger charge is -2.32. The molecule has 0 aliphatic carbocycles. The fraction of sp³-hybridized carbons (Fsp3) is 0.812. The van der Waals surface area contributed by atoms with Gasteiger partial charge in [0.25, 0.3) is 0 Å². The van der Waals surface area contributed by atoms with Gasteiger partial charge in [-0.15, -0.1) is 0 Å². The van der Waals surface area contributed by atoms with Gasteiger partial charge in [-0.3, -0.25) is 4.90 Å². The Morgan fingerprint density at radius 3 is 3.09 bits per heavy atom. The number of nitrogens with zero attached hydrogens (tertiary/aromatic N) is 4. The summed E-state index contributed by atoms with van der Waals surface area (Å²) in [4.78, 5) is 8.94. The molecule has 0 spiro atoms. The van der Waals surface area contributed by atoms with Crippen molar-refractivity contribution < 1.29 is 9.84 Å². The van der Waals surface area contributed by atoms with Crippen LogP contribution in [0.15, 0.2) is 12.4 Å². The predicted molar refractivity (Wildman–Crippen MR) is 84.8 cm³/mol. The van der Waals surface area contributed by atoms with Gasteiger partial charge in [-0.05, 0) is 19.4 Å². The van der Waals surface area contributed by atoms with Crippen LogP contribution in [0.5, 0.6) is 0 Å². The normalized spacial score (nSPS) is 24.4. The molecule has 1 saturated heterocycles. The zero-order chi connectivity index (χ0) is 15.4. The maximum Gasteiger partial charge on any atom is 0.108 e. The lowest BCUT2D eigenvalue weighted by Crippen LogP contribution is -2.45. The van der Waals surface area contributed by atoms with Gasteiger partial charge >= 0.3 is 0 Å². The molecule has 0 bridgehead atoms. The highest BCUT2D eigenvalue weighted by molar-refractivity contribution is 4.97. The lowest BCUT2D eigenvalue weighted by molar-refractivity contribution is 0.00751. The van der Waals surface area contributed by atoms with Gasteiger partial charge in [-0.1, -0.05) is 0 Å². The largest absolute Gasteiger partial charge is 0.390 e. The smallest absolute Gasteiger partial charge is 0.108 e. The summed E-state index contributed by atoms with van der Waals surface area (Å²) in [6.45, 7) is 7.04. The molecule has 0 saturated carbocycles. The molecule has 2 aliphatic rings. The summed E-state index contributed by atoms with van der Waals surface area (Å²) >= 11 is 0. The van der Waals surface area contributed by atoms with Crippen molar-refractivity contribution in [2.45, 2.75) is 25.5 Å². The molecule has 2 atom stereocenters. The maximum atomic E-state index is 10.3. The summed E-state index contributed by atoms with van der Waals surface area (Å²) in [6, 6.07) is 0. The molecule has 6 nitrogen and oxygen atoms in total. The first-order chi connectivity index (χ1) is 10.7. The molecular weight excluding hydrogens is 280 g/mol. The van der Waals surface area contributed by atoms with E-state index < -0.39 is 0 Å². The second kappa shape index (κ2) is 7.55. The van der Waals surface area contributed by atoms with Crippen molar-refractivity contribution >= 4 is 0 Å². The molecule has 1 aromatic rings. The van der Waals surface area contributed by atoms with E-state index in [1.54, 1.807) is 0 Å². The minimum atomic E-state index is -0.282. The molecule has 3 rings (SSSR count). The van der Waals surface area contributed by atoms with Crippen LogP contribution < -0.4 is 0 Å². The minimum Gasteiger partial charge on any atom is -0.390 e. The van der Waals surface area contributed by atoms with Crippen LogP contribution in [0.4, 0.5) is 0 Å². The number of aliphatic hydroxyl groups is 1. The molecule has 1 N–H and O–H groups in total. The van der Waals surface area contributed by atoms with E-state index in [1.807, 2.05) is 6.20 Å². The van der Waals surface area contributed by atoms with Crippen LogP contribution in [0.3, 0.4) is 0 Å². The molecule has 1 aromatic heterocycles. The molecule has 0 aromatic carbocycles. The van der Waals surface area contributed by atoms with Gasteiger partial charge in [0, 0.05) is 58.1 Å². The van der Waals surface area contributed by atoms with Crippen molar-refractivity contribution in [2.24, 2.45) is 5.92 Å². The molecule has 1 fully saturated rings. The third kappa shape index (κ3) is 4.29.